The Morgan fingerprint density at radius 2 is 1.96 bits per heavy atom. The maximum absolute atomic E-state index is 12.7. The second kappa shape index (κ2) is 5.68. The Balaban J connectivity index is 2.02. The van der Waals surface area contributed by atoms with E-state index < -0.39 is 5.91 Å². The second-order valence-corrected chi connectivity index (χ2v) is 5.98. The number of nitrogens with two attached hydrogens (primary N) is 1. The number of hydrogen-bond donors (Lipinski definition) is 2. The van der Waals surface area contributed by atoms with Crippen LogP contribution in [0.25, 0.3) is 10.9 Å². The summed E-state index contributed by atoms with van der Waals surface area (Å²) in [5.41, 5.74) is 7.60. The lowest BCUT2D eigenvalue weighted by molar-refractivity contribution is 0.0995. The molecular weight excluding hydrogens is 330 g/mol. The van der Waals surface area contributed by atoms with Gasteiger partial charge in [-0.25, -0.2) is 0 Å². The lowest BCUT2D eigenvalue weighted by atomic mass is 10.2. The number of anilines is 1. The van der Waals surface area contributed by atoms with E-state index in [-0.39, 0.29) is 11.6 Å². The fraction of sp³-hybridized carbons (Fsp3) is 0.188. The molecule has 0 bridgehead atoms. The largest absolute Gasteiger partial charge is 0.364 e. The zero-order valence-corrected chi connectivity index (χ0v) is 14.2. The van der Waals surface area contributed by atoms with E-state index in [9.17, 15) is 9.59 Å². The molecule has 2 amide bonds. The van der Waals surface area contributed by atoms with Gasteiger partial charge in [-0.15, -0.1) is 0 Å². The molecule has 124 valence electrons. The van der Waals surface area contributed by atoms with Gasteiger partial charge in [-0.3, -0.25) is 14.3 Å². The van der Waals surface area contributed by atoms with Gasteiger partial charge in [-0.05, 0) is 25.1 Å². The van der Waals surface area contributed by atoms with Gasteiger partial charge >= 0.3 is 0 Å². The monoisotopic (exact) mass is 345 g/mol. The first-order valence-electron chi connectivity index (χ1n) is 7.19. The zero-order valence-electron chi connectivity index (χ0n) is 13.4. The highest BCUT2D eigenvalue weighted by atomic mass is 35.5. The molecule has 0 saturated carbocycles. The average Bonchev–Trinajstić information content (AvgIpc) is 2.99. The van der Waals surface area contributed by atoms with E-state index in [4.69, 9.17) is 17.3 Å². The Morgan fingerprint density at radius 3 is 2.62 bits per heavy atom. The summed E-state index contributed by atoms with van der Waals surface area (Å²) < 4.78 is 3.24. The number of fused-ring (bicyclic) bond motifs is 1. The highest BCUT2D eigenvalue weighted by Crippen LogP contribution is 2.25. The number of primary amides is 1. The number of carbonyl (C=O) groups excluding carboxylic acids is 2. The fourth-order valence-electron chi connectivity index (χ4n) is 2.63. The van der Waals surface area contributed by atoms with Gasteiger partial charge in [0, 0.05) is 30.0 Å². The number of nitrogens with one attached hydrogen (secondary N) is 1. The predicted octanol–water partition coefficient (Wildman–Crippen LogP) is 2.22. The van der Waals surface area contributed by atoms with Crippen LogP contribution in [0.4, 0.5) is 5.69 Å². The summed E-state index contributed by atoms with van der Waals surface area (Å²) in [5, 5.41) is 8.26. The van der Waals surface area contributed by atoms with E-state index in [1.54, 1.807) is 43.8 Å². The number of hydrogen-bond acceptors (Lipinski definition) is 3. The molecule has 0 atom stereocenters. The van der Waals surface area contributed by atoms with E-state index in [2.05, 4.69) is 10.4 Å². The maximum Gasteiger partial charge on any atom is 0.272 e. The van der Waals surface area contributed by atoms with Gasteiger partial charge in [0.25, 0.3) is 11.8 Å². The van der Waals surface area contributed by atoms with Crippen LogP contribution in [0.3, 0.4) is 0 Å². The standard InChI is InChI=1S/C16H16ClN5O2/c1-8-13(14(15(18)23)20-22(8)3)19-16(24)12-6-9-4-5-10(17)7-11(9)21(12)2/h4-7H,1-3H3,(H2,18,23)(H,19,24). The zero-order chi connectivity index (χ0) is 17.6. The van der Waals surface area contributed by atoms with Crippen LogP contribution >= 0.6 is 11.6 Å². The molecule has 2 heterocycles. The highest BCUT2D eigenvalue weighted by Gasteiger charge is 2.21. The van der Waals surface area contributed by atoms with Crippen molar-refractivity contribution < 1.29 is 9.59 Å². The van der Waals surface area contributed by atoms with Crippen LogP contribution in [0.15, 0.2) is 24.3 Å². The Bertz CT molecular complexity index is 986. The molecule has 0 unspecified atom stereocenters. The summed E-state index contributed by atoms with van der Waals surface area (Å²) in [6.07, 6.45) is 0. The number of rotatable bonds is 3. The van der Waals surface area contributed by atoms with E-state index in [1.807, 2.05) is 6.07 Å². The first-order valence-corrected chi connectivity index (χ1v) is 7.57. The number of halogens is 1. The summed E-state index contributed by atoms with van der Waals surface area (Å²) in [5.74, 6) is -1.05. The minimum absolute atomic E-state index is 0.0326. The Hall–Kier alpha value is -2.80. The quantitative estimate of drug-likeness (QED) is 0.762. The third-order valence-electron chi connectivity index (χ3n) is 4.05. The third-order valence-corrected chi connectivity index (χ3v) is 4.28. The normalized spacial score (nSPS) is 11.0. The van der Waals surface area contributed by atoms with Crippen molar-refractivity contribution in [1.29, 1.82) is 0 Å². The number of amides is 2. The van der Waals surface area contributed by atoms with Crippen LogP contribution < -0.4 is 11.1 Å². The van der Waals surface area contributed by atoms with Crippen LogP contribution in [-0.2, 0) is 14.1 Å². The first-order chi connectivity index (χ1) is 11.3. The number of nitrogens with zero attached hydrogens (tertiary/aromatic N) is 3. The molecule has 3 rings (SSSR count). The first kappa shape index (κ1) is 16.1. The van der Waals surface area contributed by atoms with Crippen molar-refractivity contribution in [1.82, 2.24) is 14.3 Å². The highest BCUT2D eigenvalue weighted by molar-refractivity contribution is 6.31. The van der Waals surface area contributed by atoms with Gasteiger partial charge in [0.1, 0.15) is 5.69 Å². The summed E-state index contributed by atoms with van der Waals surface area (Å²) >= 11 is 6.01. The van der Waals surface area contributed by atoms with Gasteiger partial charge in [-0.2, -0.15) is 5.10 Å². The molecule has 0 fully saturated rings. The van der Waals surface area contributed by atoms with Crippen LogP contribution in [-0.4, -0.2) is 26.2 Å². The van der Waals surface area contributed by atoms with Crippen LogP contribution in [0.5, 0.6) is 0 Å². The minimum Gasteiger partial charge on any atom is -0.364 e. The molecule has 8 heteroatoms. The maximum atomic E-state index is 12.7. The van der Waals surface area contributed by atoms with Crippen molar-refractivity contribution >= 4 is 40.0 Å². The Morgan fingerprint density at radius 1 is 1.25 bits per heavy atom. The van der Waals surface area contributed by atoms with Gasteiger partial charge in [0.2, 0.25) is 0 Å². The van der Waals surface area contributed by atoms with E-state index in [0.29, 0.717) is 22.1 Å². The predicted molar refractivity (Wildman–Crippen MR) is 92.3 cm³/mol. The van der Waals surface area contributed by atoms with Gasteiger partial charge in [0.15, 0.2) is 5.69 Å². The third kappa shape index (κ3) is 2.52. The number of carbonyl (C=O) groups is 2. The molecule has 3 N–H and O–H groups in total. The molecule has 0 radical (unpaired) electrons. The van der Waals surface area contributed by atoms with Crippen molar-refractivity contribution in [2.24, 2.45) is 19.8 Å². The van der Waals surface area contributed by atoms with Crippen LogP contribution in [0, 0.1) is 6.92 Å². The molecule has 2 aromatic heterocycles. The van der Waals surface area contributed by atoms with Gasteiger partial charge in [0.05, 0.1) is 11.4 Å². The molecule has 24 heavy (non-hydrogen) atoms. The molecule has 0 spiro atoms. The Kier molecular flexibility index (Phi) is 3.81. The fourth-order valence-corrected chi connectivity index (χ4v) is 2.80. The summed E-state index contributed by atoms with van der Waals surface area (Å²) in [6, 6.07) is 7.16. The lowest BCUT2D eigenvalue weighted by Gasteiger charge is -2.07. The number of aromatic nitrogens is 3. The number of benzene rings is 1. The second-order valence-electron chi connectivity index (χ2n) is 5.54. The van der Waals surface area contributed by atoms with Crippen LogP contribution in [0.2, 0.25) is 5.02 Å². The van der Waals surface area contributed by atoms with E-state index in [1.165, 1.54) is 4.68 Å². The molecule has 1 aromatic carbocycles. The summed E-state index contributed by atoms with van der Waals surface area (Å²) in [7, 11) is 3.45. The van der Waals surface area contributed by atoms with Crippen molar-refractivity contribution in [3.05, 3.63) is 46.4 Å². The molecule has 0 aliphatic rings. The number of aryl methyl sites for hydroxylation is 2. The molecular formula is C16H16ClN5O2. The van der Waals surface area contributed by atoms with Gasteiger partial charge in [-0.1, -0.05) is 17.7 Å². The molecule has 0 aliphatic carbocycles. The summed E-state index contributed by atoms with van der Waals surface area (Å²) in [6.45, 7) is 1.75. The topological polar surface area (TPSA) is 94.9 Å². The average molecular weight is 346 g/mol. The van der Waals surface area contributed by atoms with Gasteiger partial charge < -0.3 is 15.6 Å². The Labute approximate surface area is 143 Å². The molecule has 3 aromatic rings. The summed E-state index contributed by atoms with van der Waals surface area (Å²) in [4.78, 5) is 24.2. The van der Waals surface area contributed by atoms with E-state index >= 15 is 0 Å². The van der Waals surface area contributed by atoms with Crippen molar-refractivity contribution in [3.8, 4) is 0 Å². The molecule has 0 saturated heterocycles. The van der Waals surface area contributed by atoms with Crippen LogP contribution in [0.1, 0.15) is 26.7 Å². The lowest BCUT2D eigenvalue weighted by Crippen LogP contribution is -2.19. The van der Waals surface area contributed by atoms with Crippen molar-refractivity contribution in [3.63, 3.8) is 0 Å². The SMILES string of the molecule is Cc1c(NC(=O)c2cc3ccc(Cl)cc3n2C)c(C(N)=O)nn1C. The van der Waals surface area contributed by atoms with Crippen molar-refractivity contribution in [2.45, 2.75) is 6.92 Å². The smallest absolute Gasteiger partial charge is 0.272 e. The molecule has 7 nitrogen and oxygen atoms in total. The molecule has 0 aliphatic heterocycles. The van der Waals surface area contributed by atoms with Crippen molar-refractivity contribution in [2.75, 3.05) is 5.32 Å². The minimum atomic E-state index is -0.696. The van der Waals surface area contributed by atoms with E-state index in [0.717, 1.165) is 10.9 Å².